The third-order valence-electron chi connectivity index (χ3n) is 5.28. The molecular formula is C24H36N2O8. The average Bonchev–Trinajstić information content (AvgIpc) is 3.26. The average molecular weight is 481 g/mol. The molecule has 1 fully saturated rings. The fourth-order valence-electron chi connectivity index (χ4n) is 3.61. The molecule has 1 aliphatic rings. The number of carbonyl (C=O) groups is 3. The number of carbonyl (C=O) groups excluding carboxylic acids is 2. The van der Waals surface area contributed by atoms with Gasteiger partial charge in [-0.2, -0.15) is 0 Å². The van der Waals surface area contributed by atoms with E-state index in [9.17, 15) is 14.4 Å². The smallest absolute Gasteiger partial charge is 0.416 e. The highest BCUT2D eigenvalue weighted by Crippen LogP contribution is 2.31. The Hall–Kier alpha value is -2.95. The Morgan fingerprint density at radius 3 is 2.56 bits per heavy atom. The van der Waals surface area contributed by atoms with Gasteiger partial charge in [-0.1, -0.05) is 12.7 Å². The van der Waals surface area contributed by atoms with Crippen molar-refractivity contribution in [1.82, 2.24) is 4.90 Å². The second-order valence-electron chi connectivity index (χ2n) is 7.58. The molecule has 0 radical (unpaired) electrons. The first-order valence-corrected chi connectivity index (χ1v) is 11.0. The zero-order chi connectivity index (χ0) is 25.5. The summed E-state index contributed by atoms with van der Waals surface area (Å²) in [5, 5.41) is 8.08. The van der Waals surface area contributed by atoms with Crippen molar-refractivity contribution < 1.29 is 38.4 Å². The molecular weight excluding hydrogens is 444 g/mol. The second-order valence-corrected chi connectivity index (χ2v) is 7.58. The first kappa shape index (κ1) is 29.1. The number of carboxylic acids is 1. The maximum absolute atomic E-state index is 12.8. The molecule has 1 saturated heterocycles. The monoisotopic (exact) mass is 480 g/mol. The summed E-state index contributed by atoms with van der Waals surface area (Å²) in [6.45, 7) is 5.09. The number of nitrogens with zero attached hydrogens (tertiary/aromatic N) is 2. The van der Waals surface area contributed by atoms with Crippen molar-refractivity contribution in [3.63, 3.8) is 0 Å². The largest absolute Gasteiger partial charge is 0.497 e. The van der Waals surface area contributed by atoms with Gasteiger partial charge in [0.05, 0.1) is 18.8 Å². The van der Waals surface area contributed by atoms with Crippen LogP contribution < -0.4 is 9.64 Å². The van der Waals surface area contributed by atoms with Crippen LogP contribution >= 0.6 is 0 Å². The minimum atomic E-state index is -0.762. The van der Waals surface area contributed by atoms with Gasteiger partial charge in [0.15, 0.2) is 12.5 Å². The van der Waals surface area contributed by atoms with Gasteiger partial charge in [-0.25, -0.2) is 9.69 Å². The molecule has 34 heavy (non-hydrogen) atoms. The molecule has 10 nitrogen and oxygen atoms in total. The first-order chi connectivity index (χ1) is 16.3. The van der Waals surface area contributed by atoms with Gasteiger partial charge < -0.3 is 24.1 Å². The SMILES string of the molecule is C=CCOC(=O)N(c1ccc(OC)cc1C=O)C(OC)C1CCCN1C.COCCCC(=O)O. The van der Waals surface area contributed by atoms with Crippen LogP contribution in [0.4, 0.5) is 10.5 Å². The number of likely N-dealkylation sites (tertiary alicyclic amines) is 1. The van der Waals surface area contributed by atoms with Crippen LogP contribution in [0.15, 0.2) is 30.9 Å². The number of amides is 1. The molecule has 1 aromatic carbocycles. The van der Waals surface area contributed by atoms with E-state index >= 15 is 0 Å². The van der Waals surface area contributed by atoms with E-state index in [1.807, 2.05) is 7.05 Å². The number of hydrogen-bond acceptors (Lipinski definition) is 8. The van der Waals surface area contributed by atoms with Crippen LogP contribution in [0.2, 0.25) is 0 Å². The molecule has 2 atom stereocenters. The number of methoxy groups -OCH3 is 3. The number of aldehydes is 1. The molecule has 1 aromatic rings. The predicted octanol–water partition coefficient (Wildman–Crippen LogP) is 3.20. The van der Waals surface area contributed by atoms with Crippen molar-refractivity contribution in [2.75, 3.05) is 53.0 Å². The molecule has 2 unspecified atom stereocenters. The van der Waals surface area contributed by atoms with Crippen molar-refractivity contribution >= 4 is 24.0 Å². The van der Waals surface area contributed by atoms with Crippen LogP contribution in [0, 0.1) is 0 Å². The minimum absolute atomic E-state index is 0.00196. The summed E-state index contributed by atoms with van der Waals surface area (Å²) in [5.74, 6) is -0.232. The number of ether oxygens (including phenoxy) is 4. The van der Waals surface area contributed by atoms with Gasteiger partial charge in [0.1, 0.15) is 12.4 Å². The lowest BCUT2D eigenvalue weighted by molar-refractivity contribution is -0.137. The van der Waals surface area contributed by atoms with E-state index in [2.05, 4.69) is 16.2 Å². The normalized spacial score (nSPS) is 16.1. The molecule has 2 rings (SSSR count). The Labute approximate surface area is 201 Å². The fraction of sp³-hybridized carbons (Fsp3) is 0.542. The van der Waals surface area contributed by atoms with Gasteiger partial charge in [0.25, 0.3) is 0 Å². The summed E-state index contributed by atoms with van der Waals surface area (Å²) >= 11 is 0. The number of carboxylic acid groups (broad SMARTS) is 1. The maximum atomic E-state index is 12.8. The van der Waals surface area contributed by atoms with E-state index in [4.69, 9.17) is 19.3 Å². The lowest BCUT2D eigenvalue weighted by Crippen LogP contribution is -2.52. The van der Waals surface area contributed by atoms with Gasteiger partial charge in [0, 0.05) is 32.8 Å². The summed E-state index contributed by atoms with van der Waals surface area (Å²) in [6, 6.07) is 4.94. The molecule has 1 amide bonds. The van der Waals surface area contributed by atoms with E-state index in [0.717, 1.165) is 19.4 Å². The molecule has 0 spiro atoms. The maximum Gasteiger partial charge on any atom is 0.416 e. The van der Waals surface area contributed by atoms with Gasteiger partial charge >= 0.3 is 12.1 Å². The molecule has 10 heteroatoms. The van der Waals surface area contributed by atoms with Crippen LogP contribution in [0.5, 0.6) is 5.75 Å². The highest BCUT2D eigenvalue weighted by molar-refractivity contribution is 5.96. The van der Waals surface area contributed by atoms with Crippen LogP contribution in [-0.2, 0) is 19.0 Å². The number of hydrogen-bond donors (Lipinski definition) is 1. The Balaban J connectivity index is 0.000000620. The van der Waals surface area contributed by atoms with Crippen molar-refractivity contribution in [2.45, 2.75) is 38.0 Å². The predicted molar refractivity (Wildman–Crippen MR) is 128 cm³/mol. The van der Waals surface area contributed by atoms with Crippen LogP contribution in [0.25, 0.3) is 0 Å². The Morgan fingerprint density at radius 1 is 1.32 bits per heavy atom. The quantitative estimate of drug-likeness (QED) is 0.208. The van der Waals surface area contributed by atoms with Crippen LogP contribution in [0.1, 0.15) is 36.0 Å². The molecule has 0 aliphatic carbocycles. The van der Waals surface area contributed by atoms with E-state index in [-0.39, 0.29) is 19.1 Å². The van der Waals surface area contributed by atoms with Crippen molar-refractivity contribution in [3.8, 4) is 5.75 Å². The summed E-state index contributed by atoms with van der Waals surface area (Å²) < 4.78 is 20.8. The van der Waals surface area contributed by atoms with Crippen molar-refractivity contribution in [3.05, 3.63) is 36.4 Å². The molecule has 0 aromatic heterocycles. The van der Waals surface area contributed by atoms with E-state index in [0.29, 0.717) is 36.3 Å². The second kappa shape index (κ2) is 15.8. The molecule has 0 saturated carbocycles. The number of anilines is 1. The third kappa shape index (κ3) is 8.77. The minimum Gasteiger partial charge on any atom is -0.497 e. The molecule has 1 aliphatic heterocycles. The highest BCUT2D eigenvalue weighted by Gasteiger charge is 2.38. The zero-order valence-corrected chi connectivity index (χ0v) is 20.4. The summed E-state index contributed by atoms with van der Waals surface area (Å²) in [7, 11) is 6.62. The van der Waals surface area contributed by atoms with Crippen LogP contribution in [-0.4, -0.2) is 88.8 Å². The lowest BCUT2D eigenvalue weighted by Gasteiger charge is -2.36. The summed E-state index contributed by atoms with van der Waals surface area (Å²) in [6.07, 6.45) is 3.70. The number of rotatable bonds is 12. The first-order valence-electron chi connectivity index (χ1n) is 11.0. The van der Waals surface area contributed by atoms with Gasteiger partial charge in [-0.15, -0.1) is 0 Å². The molecule has 190 valence electrons. The van der Waals surface area contributed by atoms with Crippen LogP contribution in [0.3, 0.4) is 0 Å². The van der Waals surface area contributed by atoms with E-state index < -0.39 is 18.3 Å². The highest BCUT2D eigenvalue weighted by atomic mass is 16.6. The number of aliphatic carboxylic acids is 1. The Morgan fingerprint density at radius 2 is 2.06 bits per heavy atom. The topological polar surface area (TPSA) is 115 Å². The molecule has 0 bridgehead atoms. The van der Waals surface area contributed by atoms with E-state index in [1.54, 1.807) is 32.4 Å². The van der Waals surface area contributed by atoms with Gasteiger partial charge in [0.2, 0.25) is 0 Å². The fourth-order valence-corrected chi connectivity index (χ4v) is 3.61. The molecule has 1 N–H and O–H groups in total. The summed E-state index contributed by atoms with van der Waals surface area (Å²) in [5.41, 5.74) is 0.740. The Kier molecular flexibility index (Phi) is 13.5. The van der Waals surface area contributed by atoms with Gasteiger partial charge in [-0.05, 0) is 51.1 Å². The lowest BCUT2D eigenvalue weighted by atomic mass is 10.1. The van der Waals surface area contributed by atoms with Crippen molar-refractivity contribution in [1.29, 1.82) is 0 Å². The van der Waals surface area contributed by atoms with Gasteiger partial charge in [-0.3, -0.25) is 14.5 Å². The number of likely N-dealkylation sites (N-methyl/N-ethyl adjacent to an activating group) is 1. The number of benzene rings is 1. The summed E-state index contributed by atoms with van der Waals surface area (Å²) in [4.78, 5) is 37.8. The van der Waals surface area contributed by atoms with E-state index in [1.165, 1.54) is 18.1 Å². The van der Waals surface area contributed by atoms with Crippen molar-refractivity contribution in [2.24, 2.45) is 0 Å². The zero-order valence-electron chi connectivity index (χ0n) is 20.4. The Bertz CT molecular complexity index is 801. The molecule has 1 heterocycles. The third-order valence-corrected chi connectivity index (χ3v) is 5.28. The standard InChI is InChI=1S/C19H26N2O5.C5H10O3/c1-5-11-26-19(23)21(18(25-4)17-7-6-10-20(17)2)16-9-8-15(24-3)12-14(16)13-22;1-8-4-2-3-5(6)7/h5,8-9,12-13,17-18H,1,6-7,10-11H2,2-4H3;2-4H2,1H3,(H,6,7).